The Balaban J connectivity index is 1.67. The second-order valence-corrected chi connectivity index (χ2v) is 11.1. The number of hydrogen-bond acceptors (Lipinski definition) is 4. The molecule has 4 atom stereocenters. The van der Waals surface area contributed by atoms with E-state index in [-0.39, 0.29) is 12.2 Å². The van der Waals surface area contributed by atoms with Gasteiger partial charge in [0, 0.05) is 6.42 Å². The first-order valence-electron chi connectivity index (χ1n) is 7.07. The van der Waals surface area contributed by atoms with Crippen LogP contribution in [0.1, 0.15) is 6.42 Å². The average Bonchev–Trinajstić information content (AvgIpc) is 2.90. The first kappa shape index (κ1) is 13.8. The highest BCUT2D eigenvalue weighted by molar-refractivity contribution is 6.89. The Morgan fingerprint density at radius 1 is 1.30 bits per heavy atom. The van der Waals surface area contributed by atoms with Crippen LogP contribution in [-0.4, -0.2) is 43.6 Å². The summed E-state index contributed by atoms with van der Waals surface area (Å²) in [5, 5.41) is 11.1. The molecular weight excluding hydrogens is 272 g/mol. The van der Waals surface area contributed by atoms with Crippen molar-refractivity contribution in [2.75, 3.05) is 0 Å². The Bertz CT molecular complexity index is 502. The summed E-state index contributed by atoms with van der Waals surface area (Å²) in [4.78, 5) is 11.3. The number of carbonyl (C=O) groups is 1. The summed E-state index contributed by atoms with van der Waals surface area (Å²) in [6, 6.07) is 11.5. The fourth-order valence-electron chi connectivity index (χ4n) is 3.21. The molecule has 0 aromatic heterocycles. The van der Waals surface area contributed by atoms with Gasteiger partial charge in [-0.2, -0.15) is 0 Å². The minimum Gasteiger partial charge on any atom is -0.457 e. The van der Waals surface area contributed by atoms with Crippen molar-refractivity contribution < 1.29 is 19.4 Å². The summed E-state index contributed by atoms with van der Waals surface area (Å²) in [5.74, 6) is -0.544. The summed E-state index contributed by atoms with van der Waals surface area (Å²) in [6.45, 7) is 4.64. The van der Waals surface area contributed by atoms with E-state index in [1.165, 1.54) is 5.19 Å². The number of aliphatic hydroxyl groups is 1. The lowest BCUT2D eigenvalue weighted by Gasteiger charge is -2.26. The van der Waals surface area contributed by atoms with E-state index < -0.39 is 26.3 Å². The predicted octanol–water partition coefficient (Wildman–Crippen LogP) is 1.05. The van der Waals surface area contributed by atoms with Crippen LogP contribution in [-0.2, 0) is 14.3 Å². The molecule has 108 valence electrons. The summed E-state index contributed by atoms with van der Waals surface area (Å²) < 4.78 is 11.0. The predicted molar refractivity (Wildman–Crippen MR) is 77.5 cm³/mol. The van der Waals surface area contributed by atoms with Gasteiger partial charge in [-0.15, -0.1) is 0 Å². The number of carbonyl (C=O) groups excluding carboxylic acids is 1. The van der Waals surface area contributed by atoms with Gasteiger partial charge in [0.25, 0.3) is 0 Å². The molecule has 0 unspecified atom stereocenters. The topological polar surface area (TPSA) is 55.8 Å². The summed E-state index contributed by atoms with van der Waals surface area (Å²) in [6.07, 6.45) is -1.05. The molecule has 0 bridgehead atoms. The molecule has 0 spiro atoms. The summed E-state index contributed by atoms with van der Waals surface area (Å²) in [5.41, 5.74) is 0. The molecular formula is C15H20O4Si. The first-order valence-corrected chi connectivity index (χ1v) is 10.3. The molecule has 2 aliphatic rings. The number of ether oxygens (including phenoxy) is 2. The van der Waals surface area contributed by atoms with Gasteiger partial charge in [-0.05, 0) is 6.04 Å². The number of benzene rings is 1. The van der Waals surface area contributed by atoms with Crippen LogP contribution in [0.2, 0.25) is 19.1 Å². The van der Waals surface area contributed by atoms with E-state index in [0.717, 1.165) is 6.04 Å². The third-order valence-corrected chi connectivity index (χ3v) is 7.70. The molecule has 2 aliphatic heterocycles. The zero-order chi connectivity index (χ0) is 14.3. The largest absolute Gasteiger partial charge is 0.457 e. The van der Waals surface area contributed by atoms with Crippen LogP contribution in [0.15, 0.2) is 30.3 Å². The van der Waals surface area contributed by atoms with E-state index in [4.69, 9.17) is 9.47 Å². The smallest absolute Gasteiger partial charge is 0.338 e. The minimum absolute atomic E-state index is 0.0784. The van der Waals surface area contributed by atoms with Crippen molar-refractivity contribution in [3.8, 4) is 0 Å². The van der Waals surface area contributed by atoms with Crippen LogP contribution >= 0.6 is 0 Å². The first-order chi connectivity index (χ1) is 9.47. The quantitative estimate of drug-likeness (QED) is 0.668. The van der Waals surface area contributed by atoms with E-state index in [1.807, 2.05) is 6.07 Å². The zero-order valence-corrected chi connectivity index (χ0v) is 12.8. The van der Waals surface area contributed by atoms with Crippen molar-refractivity contribution in [3.05, 3.63) is 30.3 Å². The Morgan fingerprint density at radius 3 is 2.65 bits per heavy atom. The van der Waals surface area contributed by atoms with Crippen molar-refractivity contribution in [2.24, 2.45) is 0 Å². The van der Waals surface area contributed by atoms with Gasteiger partial charge in [0.15, 0.2) is 6.10 Å². The number of hydrogen-bond donors (Lipinski definition) is 1. The van der Waals surface area contributed by atoms with Crippen molar-refractivity contribution >= 4 is 19.2 Å². The molecule has 2 saturated heterocycles. The molecule has 2 heterocycles. The molecule has 1 aromatic carbocycles. The van der Waals surface area contributed by atoms with Gasteiger partial charge in [0.1, 0.15) is 12.2 Å². The molecule has 1 aromatic rings. The lowest BCUT2D eigenvalue weighted by molar-refractivity contribution is -0.148. The summed E-state index contributed by atoms with van der Waals surface area (Å²) >= 11 is 0. The minimum atomic E-state index is -1.58. The third kappa shape index (κ3) is 2.41. The van der Waals surface area contributed by atoms with Crippen molar-refractivity contribution in [1.29, 1.82) is 0 Å². The molecule has 3 rings (SSSR count). The highest BCUT2D eigenvalue weighted by Gasteiger charge is 2.51. The van der Waals surface area contributed by atoms with E-state index in [9.17, 15) is 9.90 Å². The molecule has 0 radical (unpaired) electrons. The fraction of sp³-hybridized carbons (Fsp3) is 0.533. The Morgan fingerprint density at radius 2 is 2.00 bits per heavy atom. The van der Waals surface area contributed by atoms with E-state index in [0.29, 0.717) is 6.42 Å². The second kappa shape index (κ2) is 4.98. The molecule has 1 N–H and O–H groups in total. The number of fused-ring (bicyclic) bond motifs is 1. The highest BCUT2D eigenvalue weighted by atomic mass is 28.3. The van der Waals surface area contributed by atoms with Crippen molar-refractivity contribution in [1.82, 2.24) is 0 Å². The van der Waals surface area contributed by atoms with E-state index in [2.05, 4.69) is 37.4 Å². The average molecular weight is 292 g/mol. The Kier molecular flexibility index (Phi) is 3.44. The maximum atomic E-state index is 11.3. The van der Waals surface area contributed by atoms with E-state index in [1.54, 1.807) is 0 Å². The van der Waals surface area contributed by atoms with E-state index >= 15 is 0 Å². The summed E-state index contributed by atoms with van der Waals surface area (Å²) in [7, 11) is -1.58. The zero-order valence-electron chi connectivity index (χ0n) is 11.8. The highest BCUT2D eigenvalue weighted by Crippen LogP contribution is 2.34. The standard InChI is InChI=1S/C15H20O4Si/c1-20(2,11-6-4-3-5-7-11)9-10-8-12-14(18-10)13(16)15(17)19-12/h3-7,10,12-14,16H,8-9H2,1-2H3/t10-,12-,13+,14+/m0/s1. The van der Waals surface area contributed by atoms with Crippen LogP contribution in [0.5, 0.6) is 0 Å². The van der Waals surface area contributed by atoms with Gasteiger partial charge in [-0.1, -0.05) is 48.6 Å². The molecule has 5 heteroatoms. The van der Waals surface area contributed by atoms with Gasteiger partial charge < -0.3 is 14.6 Å². The molecule has 0 aliphatic carbocycles. The lowest BCUT2D eigenvalue weighted by atomic mass is 10.1. The maximum Gasteiger partial charge on any atom is 0.338 e. The van der Waals surface area contributed by atoms with Gasteiger partial charge in [-0.25, -0.2) is 4.79 Å². The lowest BCUT2D eigenvalue weighted by Crippen LogP contribution is -2.44. The van der Waals surface area contributed by atoms with Gasteiger partial charge >= 0.3 is 5.97 Å². The van der Waals surface area contributed by atoms with Crippen molar-refractivity contribution in [3.63, 3.8) is 0 Å². The molecule has 4 nitrogen and oxygen atoms in total. The number of esters is 1. The van der Waals surface area contributed by atoms with Crippen LogP contribution in [0.4, 0.5) is 0 Å². The Labute approximate surface area is 119 Å². The molecule has 0 saturated carbocycles. The maximum absolute atomic E-state index is 11.3. The van der Waals surface area contributed by atoms with Gasteiger partial charge in [0.2, 0.25) is 0 Å². The number of aliphatic hydroxyl groups excluding tert-OH is 1. The monoisotopic (exact) mass is 292 g/mol. The van der Waals surface area contributed by atoms with Crippen LogP contribution in [0.25, 0.3) is 0 Å². The number of rotatable bonds is 3. The molecule has 20 heavy (non-hydrogen) atoms. The SMILES string of the molecule is C[Si](C)(C[C@@H]1C[C@@H]2OC(=O)[C@H](O)[C@@H]2O1)c1ccccc1. The van der Waals surface area contributed by atoms with Crippen LogP contribution < -0.4 is 5.19 Å². The van der Waals surface area contributed by atoms with Gasteiger partial charge in [0.05, 0.1) is 14.2 Å². The third-order valence-electron chi connectivity index (χ3n) is 4.32. The molecule has 2 fully saturated rings. The van der Waals surface area contributed by atoms with Gasteiger partial charge in [-0.3, -0.25) is 0 Å². The normalized spacial score (nSPS) is 33.0. The fourth-order valence-corrected chi connectivity index (χ4v) is 5.94. The van der Waals surface area contributed by atoms with Crippen LogP contribution in [0, 0.1) is 0 Å². The Hall–Kier alpha value is -1.17. The van der Waals surface area contributed by atoms with Crippen molar-refractivity contribution in [2.45, 2.75) is 50.0 Å². The molecule has 0 amide bonds. The van der Waals surface area contributed by atoms with Crippen LogP contribution in [0.3, 0.4) is 0 Å². The second-order valence-electron chi connectivity index (χ2n) is 6.33.